The van der Waals surface area contributed by atoms with E-state index in [0.717, 1.165) is 30.3 Å². The number of fused-ring (bicyclic) bond motifs is 1. The summed E-state index contributed by atoms with van der Waals surface area (Å²) in [5.41, 5.74) is 1.57. The van der Waals surface area contributed by atoms with Crippen molar-refractivity contribution in [2.75, 3.05) is 31.1 Å². The number of aromatic nitrogens is 2. The molecule has 26 heavy (non-hydrogen) atoms. The van der Waals surface area contributed by atoms with Crippen molar-refractivity contribution >= 4 is 22.8 Å². The van der Waals surface area contributed by atoms with Crippen molar-refractivity contribution in [2.24, 2.45) is 13.0 Å². The fourth-order valence-corrected chi connectivity index (χ4v) is 3.55. The van der Waals surface area contributed by atoms with Crippen molar-refractivity contribution in [2.45, 2.75) is 33.1 Å². The fourth-order valence-electron chi connectivity index (χ4n) is 3.55. The molecule has 1 saturated heterocycles. The highest BCUT2D eigenvalue weighted by molar-refractivity contribution is 5.79. The quantitative estimate of drug-likeness (QED) is 0.825. The van der Waals surface area contributed by atoms with Crippen LogP contribution in [0, 0.1) is 5.92 Å². The van der Waals surface area contributed by atoms with Gasteiger partial charge in [-0.25, -0.2) is 4.98 Å². The molecule has 1 unspecified atom stereocenters. The topological polar surface area (TPSA) is 58.4 Å². The van der Waals surface area contributed by atoms with Crippen LogP contribution in [0.3, 0.4) is 0 Å². The summed E-state index contributed by atoms with van der Waals surface area (Å²) in [4.78, 5) is 33.8. The zero-order valence-electron chi connectivity index (χ0n) is 15.9. The number of unbranched alkanes of at least 4 members (excludes halogenated alkanes) is 1. The van der Waals surface area contributed by atoms with Gasteiger partial charge in [0.1, 0.15) is 0 Å². The van der Waals surface area contributed by atoms with E-state index < -0.39 is 0 Å². The van der Waals surface area contributed by atoms with Crippen molar-refractivity contribution in [3.8, 4) is 0 Å². The first-order valence-electron chi connectivity index (χ1n) is 9.52. The lowest BCUT2D eigenvalue weighted by molar-refractivity contribution is -0.135. The van der Waals surface area contributed by atoms with Crippen LogP contribution in [-0.4, -0.2) is 46.5 Å². The third-order valence-corrected chi connectivity index (χ3v) is 5.27. The van der Waals surface area contributed by atoms with Crippen molar-refractivity contribution in [1.29, 1.82) is 0 Å². The van der Waals surface area contributed by atoms with E-state index in [-0.39, 0.29) is 17.4 Å². The van der Waals surface area contributed by atoms with E-state index in [2.05, 4.69) is 11.9 Å². The van der Waals surface area contributed by atoms with Gasteiger partial charge in [0.2, 0.25) is 5.91 Å². The second-order valence-corrected chi connectivity index (χ2v) is 7.14. The summed E-state index contributed by atoms with van der Waals surface area (Å²) in [5, 5.41) is 0. The van der Waals surface area contributed by atoms with E-state index in [1.165, 1.54) is 0 Å². The number of anilines is 1. The van der Waals surface area contributed by atoms with Gasteiger partial charge in [0.05, 0.1) is 11.0 Å². The zero-order valence-corrected chi connectivity index (χ0v) is 15.9. The van der Waals surface area contributed by atoms with E-state index in [9.17, 15) is 9.59 Å². The highest BCUT2D eigenvalue weighted by Gasteiger charge is 2.26. The van der Waals surface area contributed by atoms with E-state index in [1.54, 1.807) is 11.6 Å². The van der Waals surface area contributed by atoms with Crippen molar-refractivity contribution in [3.05, 3.63) is 34.6 Å². The highest BCUT2D eigenvalue weighted by atomic mass is 16.2. The van der Waals surface area contributed by atoms with Crippen LogP contribution < -0.4 is 10.5 Å². The van der Waals surface area contributed by atoms with Crippen LogP contribution in [0.25, 0.3) is 11.0 Å². The van der Waals surface area contributed by atoms with Gasteiger partial charge < -0.3 is 14.4 Å². The molecule has 1 atom stereocenters. The van der Waals surface area contributed by atoms with E-state index >= 15 is 0 Å². The number of hydrogen-bond acceptors (Lipinski definition) is 4. The Morgan fingerprint density at radius 1 is 1.19 bits per heavy atom. The maximum Gasteiger partial charge on any atom is 0.293 e. The van der Waals surface area contributed by atoms with Gasteiger partial charge in [0, 0.05) is 39.1 Å². The number of carbonyl (C=O) groups excluding carboxylic acids is 1. The lowest BCUT2D eigenvalue weighted by atomic mass is 10.0. The van der Waals surface area contributed by atoms with Crippen LogP contribution in [0.15, 0.2) is 29.1 Å². The van der Waals surface area contributed by atoms with E-state index in [1.807, 2.05) is 41.0 Å². The summed E-state index contributed by atoms with van der Waals surface area (Å²) in [6.07, 6.45) is 3.15. The molecule has 0 spiro atoms. The molecule has 140 valence electrons. The molecule has 0 aliphatic carbocycles. The molecule has 1 fully saturated rings. The number of para-hydroxylation sites is 2. The number of benzene rings is 1. The molecular formula is C20H28N4O2. The Bertz CT molecular complexity index is 837. The Labute approximate surface area is 154 Å². The van der Waals surface area contributed by atoms with Crippen LogP contribution in [0.1, 0.15) is 33.1 Å². The molecule has 0 N–H and O–H groups in total. The van der Waals surface area contributed by atoms with Crippen LogP contribution >= 0.6 is 0 Å². The lowest BCUT2D eigenvalue weighted by Crippen LogP contribution is -2.51. The lowest BCUT2D eigenvalue weighted by Gasteiger charge is -2.36. The third-order valence-electron chi connectivity index (χ3n) is 5.27. The Balaban J connectivity index is 1.72. The second-order valence-electron chi connectivity index (χ2n) is 7.14. The predicted octanol–water partition coefficient (Wildman–Crippen LogP) is 2.41. The normalized spacial score (nSPS) is 16.1. The number of hydrogen-bond donors (Lipinski definition) is 0. The Morgan fingerprint density at radius 3 is 2.58 bits per heavy atom. The fraction of sp³-hybridized carbons (Fsp3) is 0.550. The number of aryl methyl sites for hydroxylation is 1. The molecule has 1 amide bonds. The largest absolute Gasteiger partial charge is 0.348 e. The number of rotatable bonds is 5. The van der Waals surface area contributed by atoms with Gasteiger partial charge in [-0.15, -0.1) is 0 Å². The Morgan fingerprint density at radius 2 is 1.88 bits per heavy atom. The molecule has 1 aliphatic rings. The first-order chi connectivity index (χ1) is 12.5. The van der Waals surface area contributed by atoms with E-state index in [0.29, 0.717) is 32.0 Å². The maximum atomic E-state index is 12.7. The molecule has 1 aromatic heterocycles. The van der Waals surface area contributed by atoms with Crippen molar-refractivity contribution in [1.82, 2.24) is 14.5 Å². The summed E-state index contributed by atoms with van der Waals surface area (Å²) in [6, 6.07) is 7.67. The number of amides is 1. The molecule has 1 aromatic carbocycles. The number of carbonyl (C=O) groups is 1. The molecule has 0 radical (unpaired) electrons. The highest BCUT2D eigenvalue weighted by Crippen LogP contribution is 2.17. The maximum absolute atomic E-state index is 12.7. The molecule has 6 heteroatoms. The van der Waals surface area contributed by atoms with Gasteiger partial charge in [0.15, 0.2) is 5.82 Å². The minimum Gasteiger partial charge on any atom is -0.348 e. The van der Waals surface area contributed by atoms with Crippen LogP contribution in [0.2, 0.25) is 0 Å². The van der Waals surface area contributed by atoms with Gasteiger partial charge in [-0.3, -0.25) is 9.59 Å². The molecular weight excluding hydrogens is 328 g/mol. The standard InChI is InChI=1S/C20H28N4O2/c1-4-5-8-15(2)19(25)24-13-11-23(12-14-24)18-20(26)22(3)17-10-7-6-9-16(17)21-18/h6-7,9-10,15H,4-5,8,11-14H2,1-3H3. The second kappa shape index (κ2) is 7.89. The summed E-state index contributed by atoms with van der Waals surface area (Å²) in [7, 11) is 1.78. The van der Waals surface area contributed by atoms with Gasteiger partial charge in [0.25, 0.3) is 5.56 Å². The van der Waals surface area contributed by atoms with Crippen molar-refractivity contribution < 1.29 is 4.79 Å². The molecule has 6 nitrogen and oxygen atoms in total. The Hall–Kier alpha value is -2.37. The Kier molecular flexibility index (Phi) is 5.59. The molecule has 0 saturated carbocycles. The summed E-state index contributed by atoms with van der Waals surface area (Å²) < 4.78 is 1.65. The summed E-state index contributed by atoms with van der Waals surface area (Å²) >= 11 is 0. The zero-order chi connectivity index (χ0) is 18.7. The average molecular weight is 356 g/mol. The first kappa shape index (κ1) is 18.4. The smallest absolute Gasteiger partial charge is 0.293 e. The van der Waals surface area contributed by atoms with Crippen LogP contribution in [-0.2, 0) is 11.8 Å². The predicted molar refractivity (Wildman–Crippen MR) is 104 cm³/mol. The molecule has 2 heterocycles. The third kappa shape index (κ3) is 3.59. The van der Waals surface area contributed by atoms with Gasteiger partial charge in [-0.1, -0.05) is 38.8 Å². The van der Waals surface area contributed by atoms with Gasteiger partial charge in [-0.05, 0) is 18.6 Å². The number of piperazine rings is 1. The molecule has 1 aliphatic heterocycles. The summed E-state index contributed by atoms with van der Waals surface area (Å²) in [6.45, 7) is 6.75. The molecule has 3 rings (SSSR count). The van der Waals surface area contributed by atoms with Crippen LogP contribution in [0.4, 0.5) is 5.82 Å². The minimum atomic E-state index is -0.0835. The molecule has 0 bridgehead atoms. The number of nitrogens with zero attached hydrogens (tertiary/aromatic N) is 4. The van der Waals surface area contributed by atoms with Crippen LogP contribution in [0.5, 0.6) is 0 Å². The summed E-state index contributed by atoms with van der Waals surface area (Å²) in [5.74, 6) is 0.794. The first-order valence-corrected chi connectivity index (χ1v) is 9.52. The van der Waals surface area contributed by atoms with Gasteiger partial charge >= 0.3 is 0 Å². The van der Waals surface area contributed by atoms with Crippen molar-refractivity contribution in [3.63, 3.8) is 0 Å². The van der Waals surface area contributed by atoms with E-state index in [4.69, 9.17) is 0 Å². The average Bonchev–Trinajstić information content (AvgIpc) is 2.68. The molecule has 2 aromatic rings. The SMILES string of the molecule is CCCCC(C)C(=O)N1CCN(c2nc3ccccc3n(C)c2=O)CC1. The van der Waals surface area contributed by atoms with Gasteiger partial charge in [-0.2, -0.15) is 0 Å². The minimum absolute atomic E-state index is 0.0770. The monoisotopic (exact) mass is 356 g/mol.